The van der Waals surface area contributed by atoms with Gasteiger partial charge in [-0.3, -0.25) is 4.31 Å². The molecule has 9 heteroatoms. The van der Waals surface area contributed by atoms with E-state index in [4.69, 9.17) is 18.9 Å². The Labute approximate surface area is 188 Å². The summed E-state index contributed by atoms with van der Waals surface area (Å²) in [6.45, 7) is 0.923. The first-order valence-electron chi connectivity index (χ1n) is 9.74. The van der Waals surface area contributed by atoms with Crippen LogP contribution >= 0.6 is 11.3 Å². The van der Waals surface area contributed by atoms with Gasteiger partial charge in [-0.2, -0.15) is 0 Å². The van der Waals surface area contributed by atoms with Crippen molar-refractivity contribution in [2.45, 2.75) is 24.0 Å². The first-order chi connectivity index (χ1) is 15.1. The Morgan fingerprint density at radius 1 is 1.19 bits per heavy atom. The highest BCUT2D eigenvalue weighted by Gasteiger charge is 2.25. The van der Waals surface area contributed by atoms with Crippen molar-refractivity contribution in [2.24, 2.45) is 0 Å². The molecule has 1 aliphatic heterocycles. The smallest absolute Gasteiger partial charge is 0.197 e. The summed E-state index contributed by atoms with van der Waals surface area (Å²) in [4.78, 5) is 5.03. The van der Waals surface area contributed by atoms with Crippen molar-refractivity contribution in [3.05, 3.63) is 59.1 Å². The largest absolute Gasteiger partial charge is 0.497 e. The third-order valence-corrected chi connectivity index (χ3v) is 7.37. The van der Waals surface area contributed by atoms with Gasteiger partial charge in [-0.15, -0.1) is 11.3 Å². The Hall–Kier alpha value is -2.62. The van der Waals surface area contributed by atoms with Crippen molar-refractivity contribution < 1.29 is 23.2 Å². The molecule has 0 radical (unpaired) electrons. The zero-order chi connectivity index (χ0) is 21.8. The molecule has 1 aliphatic rings. The first kappa shape index (κ1) is 21.6. The van der Waals surface area contributed by atoms with Gasteiger partial charge in [-0.25, -0.2) is 9.19 Å². The maximum Gasteiger partial charge on any atom is 0.197 e. The standard InChI is InChI=1S/C22H24N2O5S2/c1-26-16-5-4-15(20(12-16)28-3)14-24(22-23-9-11-30-22)31(25)17-6-7-18-19(27-2)8-10-29-21(18)13-17/h4-7,9,11-13,19H,8,10,14H2,1-3H3. The normalized spacial score (nSPS) is 16.2. The maximum absolute atomic E-state index is 13.7. The van der Waals surface area contributed by atoms with Crippen molar-refractivity contribution in [3.63, 3.8) is 0 Å². The van der Waals surface area contributed by atoms with Gasteiger partial charge in [0.1, 0.15) is 17.2 Å². The highest BCUT2D eigenvalue weighted by Crippen LogP contribution is 2.37. The first-order valence-corrected chi connectivity index (χ1v) is 11.7. The number of ether oxygens (including phenoxy) is 4. The van der Waals surface area contributed by atoms with E-state index in [0.717, 1.165) is 17.5 Å². The van der Waals surface area contributed by atoms with Crippen molar-refractivity contribution in [3.8, 4) is 17.2 Å². The molecular formula is C22H24N2O5S2. The van der Waals surface area contributed by atoms with Crippen LogP contribution in [0.4, 0.5) is 5.13 Å². The number of hydrogen-bond acceptors (Lipinski definition) is 7. The van der Waals surface area contributed by atoms with E-state index in [2.05, 4.69) is 4.98 Å². The van der Waals surface area contributed by atoms with Gasteiger partial charge in [0, 0.05) is 42.3 Å². The Bertz CT molecular complexity index is 1060. The van der Waals surface area contributed by atoms with Gasteiger partial charge in [0.05, 0.1) is 38.4 Å². The summed E-state index contributed by atoms with van der Waals surface area (Å²) in [5, 5.41) is 2.52. The number of hydrogen-bond donors (Lipinski definition) is 0. The maximum atomic E-state index is 13.7. The summed E-state index contributed by atoms with van der Waals surface area (Å²) >= 11 is 1.43. The molecule has 0 fully saturated rings. The molecule has 0 N–H and O–H groups in total. The molecule has 3 aromatic rings. The van der Waals surface area contributed by atoms with Crippen molar-refractivity contribution in [2.75, 3.05) is 32.2 Å². The molecule has 0 aliphatic carbocycles. The van der Waals surface area contributed by atoms with E-state index < -0.39 is 11.0 Å². The van der Waals surface area contributed by atoms with Gasteiger partial charge in [0.2, 0.25) is 0 Å². The summed E-state index contributed by atoms with van der Waals surface area (Å²) in [6.07, 6.45) is 2.49. The van der Waals surface area contributed by atoms with Gasteiger partial charge in [0.15, 0.2) is 16.1 Å². The number of thiazole rings is 1. The Morgan fingerprint density at radius 2 is 2.06 bits per heavy atom. The second-order valence-corrected chi connectivity index (χ2v) is 9.12. The predicted octanol–water partition coefficient (Wildman–Crippen LogP) is 4.36. The van der Waals surface area contributed by atoms with Gasteiger partial charge in [0.25, 0.3) is 0 Å². The zero-order valence-electron chi connectivity index (χ0n) is 17.6. The fraction of sp³-hybridized carbons (Fsp3) is 0.318. The summed E-state index contributed by atoms with van der Waals surface area (Å²) in [5.74, 6) is 2.07. The van der Waals surface area contributed by atoms with Crippen LogP contribution in [-0.4, -0.2) is 37.1 Å². The molecule has 7 nitrogen and oxygen atoms in total. The lowest BCUT2D eigenvalue weighted by Crippen LogP contribution is -2.26. The van der Waals surface area contributed by atoms with Crippen LogP contribution in [-0.2, 0) is 22.3 Å². The molecule has 2 unspecified atom stereocenters. The lowest BCUT2D eigenvalue weighted by molar-refractivity contribution is 0.0635. The Balaban J connectivity index is 1.67. The monoisotopic (exact) mass is 460 g/mol. The molecule has 4 rings (SSSR count). The molecule has 0 bridgehead atoms. The van der Waals surface area contributed by atoms with Gasteiger partial charge >= 0.3 is 0 Å². The topological polar surface area (TPSA) is 70.1 Å². The average molecular weight is 461 g/mol. The van der Waals surface area contributed by atoms with E-state index in [-0.39, 0.29) is 6.10 Å². The molecular weight excluding hydrogens is 436 g/mol. The number of anilines is 1. The van der Waals surface area contributed by atoms with Gasteiger partial charge in [-0.1, -0.05) is 6.07 Å². The zero-order valence-corrected chi connectivity index (χ0v) is 19.2. The number of aromatic nitrogens is 1. The van der Waals surface area contributed by atoms with Crippen LogP contribution in [0.2, 0.25) is 0 Å². The molecule has 2 aromatic carbocycles. The predicted molar refractivity (Wildman–Crippen MR) is 121 cm³/mol. The fourth-order valence-electron chi connectivity index (χ4n) is 3.49. The molecule has 1 aromatic heterocycles. The Morgan fingerprint density at radius 3 is 2.77 bits per heavy atom. The minimum atomic E-state index is -1.51. The SMILES string of the molecule is COc1ccc(CN(c2nccs2)S(=O)c2ccc3c(c2)OCCC3OC)c(OC)c1. The van der Waals surface area contributed by atoms with Crippen molar-refractivity contribution in [1.82, 2.24) is 4.98 Å². The number of methoxy groups -OCH3 is 3. The number of benzene rings is 2. The highest BCUT2D eigenvalue weighted by atomic mass is 32.2. The molecule has 0 amide bonds. The third-order valence-electron chi connectivity index (χ3n) is 5.10. The fourth-order valence-corrected chi connectivity index (χ4v) is 5.46. The van der Waals surface area contributed by atoms with E-state index in [1.165, 1.54) is 11.3 Å². The summed E-state index contributed by atoms with van der Waals surface area (Å²) in [6, 6.07) is 11.2. The van der Waals surface area contributed by atoms with Crippen LogP contribution in [0, 0.1) is 0 Å². The average Bonchev–Trinajstić information content (AvgIpc) is 3.35. The Kier molecular flexibility index (Phi) is 6.74. The molecule has 31 heavy (non-hydrogen) atoms. The van der Waals surface area contributed by atoms with Crippen LogP contribution in [0.1, 0.15) is 23.7 Å². The van der Waals surface area contributed by atoms with Crippen LogP contribution in [0.3, 0.4) is 0 Å². The molecule has 0 saturated carbocycles. The molecule has 0 saturated heterocycles. The second-order valence-electron chi connectivity index (χ2n) is 6.84. The van der Waals surface area contributed by atoms with E-state index in [0.29, 0.717) is 40.4 Å². The van der Waals surface area contributed by atoms with Crippen LogP contribution in [0.5, 0.6) is 17.2 Å². The van der Waals surface area contributed by atoms with E-state index in [1.54, 1.807) is 31.8 Å². The van der Waals surface area contributed by atoms with Crippen LogP contribution < -0.4 is 18.5 Å². The molecule has 2 atom stereocenters. The molecule has 164 valence electrons. The minimum Gasteiger partial charge on any atom is -0.497 e. The number of nitrogens with zero attached hydrogens (tertiary/aromatic N) is 2. The van der Waals surface area contributed by atoms with E-state index in [1.807, 2.05) is 41.8 Å². The molecule has 0 spiro atoms. The lowest BCUT2D eigenvalue weighted by atomic mass is 10.0. The quantitative estimate of drug-likeness (QED) is 0.498. The van der Waals surface area contributed by atoms with Crippen molar-refractivity contribution >= 4 is 27.5 Å². The van der Waals surface area contributed by atoms with Crippen LogP contribution in [0.15, 0.2) is 52.9 Å². The summed E-state index contributed by atoms with van der Waals surface area (Å²) in [5.41, 5.74) is 1.85. The summed E-state index contributed by atoms with van der Waals surface area (Å²) < 4.78 is 37.6. The number of fused-ring (bicyclic) bond motifs is 1. The lowest BCUT2D eigenvalue weighted by Gasteiger charge is -2.26. The van der Waals surface area contributed by atoms with Crippen molar-refractivity contribution in [1.29, 1.82) is 0 Å². The summed E-state index contributed by atoms with van der Waals surface area (Å²) in [7, 11) is 3.40. The minimum absolute atomic E-state index is 0.00939. The van der Waals surface area contributed by atoms with Crippen LogP contribution in [0.25, 0.3) is 0 Å². The van der Waals surface area contributed by atoms with Gasteiger partial charge in [-0.05, 0) is 24.3 Å². The third kappa shape index (κ3) is 4.53. The van der Waals surface area contributed by atoms with E-state index >= 15 is 0 Å². The number of rotatable bonds is 8. The van der Waals surface area contributed by atoms with E-state index in [9.17, 15) is 4.21 Å². The van der Waals surface area contributed by atoms with Gasteiger partial charge < -0.3 is 18.9 Å². The highest BCUT2D eigenvalue weighted by molar-refractivity contribution is 7.86. The molecule has 2 heterocycles. The second kappa shape index (κ2) is 9.67.